The van der Waals surface area contributed by atoms with Crippen molar-refractivity contribution in [1.29, 1.82) is 5.26 Å². The van der Waals surface area contributed by atoms with Crippen molar-refractivity contribution in [3.63, 3.8) is 0 Å². The molecular formula is C6H7NO4. The van der Waals surface area contributed by atoms with Crippen LogP contribution in [-0.4, -0.2) is 24.2 Å². The van der Waals surface area contributed by atoms with Crippen molar-refractivity contribution in [2.45, 2.75) is 6.42 Å². The second-order valence-corrected chi connectivity index (χ2v) is 1.80. The van der Waals surface area contributed by atoms with Crippen molar-refractivity contribution >= 4 is 11.9 Å². The van der Waals surface area contributed by atoms with Crippen molar-refractivity contribution < 1.29 is 19.4 Å². The number of carboxylic acids is 1. The van der Waals surface area contributed by atoms with Crippen molar-refractivity contribution in [2.24, 2.45) is 5.92 Å². The Labute approximate surface area is 63.2 Å². The number of hydrogen-bond acceptors (Lipinski definition) is 4. The summed E-state index contributed by atoms with van der Waals surface area (Å²) in [5.74, 6) is -3.20. The van der Waals surface area contributed by atoms with Crippen molar-refractivity contribution in [3.8, 4) is 6.07 Å². The summed E-state index contributed by atoms with van der Waals surface area (Å²) in [4.78, 5) is 20.6. The maximum atomic E-state index is 10.6. The van der Waals surface area contributed by atoms with E-state index in [-0.39, 0.29) is 0 Å². The monoisotopic (exact) mass is 157 g/mol. The maximum absolute atomic E-state index is 10.6. The molecule has 0 heterocycles. The van der Waals surface area contributed by atoms with Gasteiger partial charge < -0.3 is 9.84 Å². The van der Waals surface area contributed by atoms with E-state index in [2.05, 4.69) is 4.74 Å². The van der Waals surface area contributed by atoms with Gasteiger partial charge in [-0.3, -0.25) is 9.59 Å². The lowest BCUT2D eigenvalue weighted by Gasteiger charge is -2.01. The average Bonchev–Trinajstić information content (AvgIpc) is 1.98. The van der Waals surface area contributed by atoms with Gasteiger partial charge in [-0.15, -0.1) is 0 Å². The van der Waals surface area contributed by atoms with E-state index in [0.29, 0.717) is 0 Å². The molecule has 0 rings (SSSR count). The van der Waals surface area contributed by atoms with Crippen LogP contribution >= 0.6 is 0 Å². The summed E-state index contributed by atoms with van der Waals surface area (Å²) in [6.07, 6.45) is -0.511. The third kappa shape index (κ3) is 3.20. The van der Waals surface area contributed by atoms with E-state index in [1.807, 2.05) is 0 Å². The first-order valence-corrected chi connectivity index (χ1v) is 2.81. The fourth-order valence-corrected chi connectivity index (χ4v) is 0.499. The minimum atomic E-state index is -1.20. The molecule has 1 N–H and O–H groups in total. The zero-order valence-electron chi connectivity index (χ0n) is 5.90. The molecule has 60 valence electrons. The Hall–Kier alpha value is -1.57. The van der Waals surface area contributed by atoms with Crippen molar-refractivity contribution in [3.05, 3.63) is 0 Å². The molecule has 0 radical (unpaired) electrons. The molecule has 0 bridgehead atoms. The summed E-state index contributed by atoms with van der Waals surface area (Å²) in [5.41, 5.74) is 0. The third-order valence-electron chi connectivity index (χ3n) is 1.02. The van der Waals surface area contributed by atoms with Crippen LogP contribution in [0.15, 0.2) is 0 Å². The summed E-state index contributed by atoms with van der Waals surface area (Å²) < 4.78 is 4.18. The lowest BCUT2D eigenvalue weighted by molar-refractivity contribution is -0.148. The molecule has 0 saturated carbocycles. The fraction of sp³-hybridized carbons (Fsp3) is 0.500. The number of nitrogens with zero attached hydrogens (tertiary/aromatic N) is 1. The van der Waals surface area contributed by atoms with Crippen LogP contribution in [0.2, 0.25) is 0 Å². The van der Waals surface area contributed by atoms with Crippen LogP contribution in [0.25, 0.3) is 0 Å². The third-order valence-corrected chi connectivity index (χ3v) is 1.02. The summed E-state index contributed by atoms with van der Waals surface area (Å²) in [5, 5.41) is 16.5. The Kier molecular flexibility index (Phi) is 3.67. The number of aliphatic carboxylic acids is 1. The molecule has 0 aliphatic rings. The van der Waals surface area contributed by atoms with E-state index < -0.39 is 24.3 Å². The molecule has 0 aliphatic carbocycles. The highest BCUT2D eigenvalue weighted by Gasteiger charge is 2.21. The molecule has 1 atom stereocenters. The van der Waals surface area contributed by atoms with Crippen LogP contribution in [0.1, 0.15) is 6.42 Å². The molecule has 0 amide bonds. The lowest BCUT2D eigenvalue weighted by atomic mass is 10.1. The quantitative estimate of drug-likeness (QED) is 0.572. The van der Waals surface area contributed by atoms with Gasteiger partial charge in [0.2, 0.25) is 0 Å². The topological polar surface area (TPSA) is 87.4 Å². The average molecular weight is 157 g/mol. The second kappa shape index (κ2) is 4.28. The first-order chi connectivity index (χ1) is 5.11. The predicted octanol–water partition coefficient (Wildman–Crippen LogP) is -0.226. The number of methoxy groups -OCH3 is 1. The minimum absolute atomic E-state index is 0.511. The van der Waals surface area contributed by atoms with Gasteiger partial charge in [-0.1, -0.05) is 0 Å². The van der Waals surface area contributed by atoms with Crippen molar-refractivity contribution in [2.75, 3.05) is 7.11 Å². The highest BCUT2D eigenvalue weighted by molar-refractivity contribution is 5.81. The molecule has 0 spiro atoms. The summed E-state index contributed by atoms with van der Waals surface area (Å²) in [6.45, 7) is 0. The largest absolute Gasteiger partial charge is 0.481 e. The number of esters is 1. The highest BCUT2D eigenvalue weighted by Crippen LogP contribution is 2.02. The molecule has 11 heavy (non-hydrogen) atoms. The SMILES string of the molecule is COC(=O)C(C#N)CC(=O)O. The second-order valence-electron chi connectivity index (χ2n) is 1.80. The first kappa shape index (κ1) is 9.43. The van der Waals surface area contributed by atoms with Crippen LogP contribution in [0.4, 0.5) is 0 Å². The van der Waals surface area contributed by atoms with E-state index in [1.165, 1.54) is 6.07 Å². The Balaban J connectivity index is 4.09. The van der Waals surface area contributed by atoms with E-state index in [1.54, 1.807) is 0 Å². The number of hydrogen-bond donors (Lipinski definition) is 1. The number of carboxylic acid groups (broad SMARTS) is 1. The van der Waals surface area contributed by atoms with Gasteiger partial charge in [0.15, 0.2) is 5.92 Å². The van der Waals surface area contributed by atoms with Crippen LogP contribution in [-0.2, 0) is 14.3 Å². The minimum Gasteiger partial charge on any atom is -0.481 e. The van der Waals surface area contributed by atoms with E-state index in [9.17, 15) is 9.59 Å². The van der Waals surface area contributed by atoms with Gasteiger partial charge in [-0.2, -0.15) is 5.26 Å². The zero-order chi connectivity index (χ0) is 8.85. The molecule has 0 aliphatic heterocycles. The summed E-state index contributed by atoms with van der Waals surface area (Å²) >= 11 is 0. The lowest BCUT2D eigenvalue weighted by Crippen LogP contribution is -2.17. The Bertz CT molecular complexity index is 205. The Morgan fingerprint density at radius 2 is 2.27 bits per heavy atom. The Morgan fingerprint density at radius 3 is 2.55 bits per heavy atom. The Morgan fingerprint density at radius 1 is 1.73 bits per heavy atom. The van der Waals surface area contributed by atoms with Gasteiger partial charge in [0, 0.05) is 0 Å². The van der Waals surface area contributed by atoms with Crippen LogP contribution < -0.4 is 0 Å². The number of ether oxygens (including phenoxy) is 1. The fourth-order valence-electron chi connectivity index (χ4n) is 0.499. The van der Waals surface area contributed by atoms with Gasteiger partial charge in [0.25, 0.3) is 0 Å². The summed E-state index contributed by atoms with van der Waals surface area (Å²) in [7, 11) is 1.11. The van der Waals surface area contributed by atoms with E-state index in [4.69, 9.17) is 10.4 Å². The van der Waals surface area contributed by atoms with Crippen LogP contribution in [0.3, 0.4) is 0 Å². The molecule has 0 saturated heterocycles. The van der Waals surface area contributed by atoms with E-state index in [0.717, 1.165) is 7.11 Å². The number of nitriles is 1. The zero-order valence-corrected chi connectivity index (χ0v) is 5.90. The number of carbonyl (C=O) groups excluding carboxylic acids is 1. The molecule has 5 nitrogen and oxygen atoms in total. The molecule has 0 aromatic heterocycles. The molecule has 1 unspecified atom stereocenters. The number of carbonyl (C=O) groups is 2. The predicted molar refractivity (Wildman–Crippen MR) is 33.4 cm³/mol. The molecule has 0 aromatic carbocycles. The normalized spacial score (nSPS) is 11.3. The molecular weight excluding hydrogens is 150 g/mol. The number of rotatable bonds is 3. The highest BCUT2D eigenvalue weighted by atomic mass is 16.5. The molecule has 0 fully saturated rings. The van der Waals surface area contributed by atoms with Crippen LogP contribution in [0.5, 0.6) is 0 Å². The smallest absolute Gasteiger partial charge is 0.323 e. The van der Waals surface area contributed by atoms with E-state index >= 15 is 0 Å². The van der Waals surface area contributed by atoms with Crippen molar-refractivity contribution in [1.82, 2.24) is 0 Å². The van der Waals surface area contributed by atoms with Gasteiger partial charge in [-0.25, -0.2) is 0 Å². The van der Waals surface area contributed by atoms with Gasteiger partial charge in [0.1, 0.15) is 0 Å². The van der Waals surface area contributed by atoms with Gasteiger partial charge in [-0.05, 0) is 0 Å². The standard InChI is InChI=1S/C6H7NO4/c1-11-6(10)4(3-7)2-5(8)9/h4H,2H2,1H3,(H,8,9). The first-order valence-electron chi connectivity index (χ1n) is 2.81. The van der Waals surface area contributed by atoms with Crippen LogP contribution in [0, 0.1) is 17.2 Å². The molecule has 5 heteroatoms. The van der Waals surface area contributed by atoms with Gasteiger partial charge in [0.05, 0.1) is 19.6 Å². The summed E-state index contributed by atoms with van der Waals surface area (Å²) in [6, 6.07) is 1.53. The van der Waals surface area contributed by atoms with Gasteiger partial charge >= 0.3 is 11.9 Å². The molecule has 0 aromatic rings. The maximum Gasteiger partial charge on any atom is 0.323 e.